The van der Waals surface area contributed by atoms with E-state index in [-0.39, 0.29) is 22.3 Å². The van der Waals surface area contributed by atoms with Crippen LogP contribution in [0.4, 0.5) is 5.69 Å². The van der Waals surface area contributed by atoms with E-state index in [1.807, 2.05) is 31.2 Å². The van der Waals surface area contributed by atoms with Gasteiger partial charge in [0.25, 0.3) is 11.7 Å². The molecule has 0 aliphatic carbocycles. The van der Waals surface area contributed by atoms with E-state index in [4.69, 9.17) is 21.1 Å². The Labute approximate surface area is 222 Å². The van der Waals surface area contributed by atoms with Crippen LogP contribution in [0.2, 0.25) is 5.02 Å². The van der Waals surface area contributed by atoms with Crippen molar-refractivity contribution in [3.8, 4) is 11.5 Å². The fraction of sp³-hybridized carbons (Fsp3) is 0.267. The second kappa shape index (κ2) is 9.94. The number of nitrogens with zero attached hydrogens (tertiary/aromatic N) is 1. The first-order chi connectivity index (χ1) is 17.5. The molecule has 1 saturated heterocycles. The molecular formula is C30H30ClNO5. The summed E-state index contributed by atoms with van der Waals surface area (Å²) in [6.07, 6.45) is 0. The molecule has 3 aromatic rings. The van der Waals surface area contributed by atoms with Gasteiger partial charge < -0.3 is 14.6 Å². The van der Waals surface area contributed by atoms with Crippen molar-refractivity contribution in [3.05, 3.63) is 93.5 Å². The number of halogens is 1. The summed E-state index contributed by atoms with van der Waals surface area (Å²) in [5, 5.41) is 12.0. The maximum Gasteiger partial charge on any atom is 0.300 e. The Hall–Kier alpha value is -3.77. The molecule has 4 rings (SSSR count). The summed E-state index contributed by atoms with van der Waals surface area (Å²) in [5.74, 6) is -1.10. The minimum atomic E-state index is -0.885. The number of hydrogen-bond acceptors (Lipinski definition) is 5. The molecule has 0 saturated carbocycles. The average Bonchev–Trinajstić information content (AvgIpc) is 3.14. The molecule has 1 heterocycles. The highest BCUT2D eigenvalue weighted by Crippen LogP contribution is 2.44. The number of anilines is 1. The monoisotopic (exact) mass is 519 g/mol. The minimum Gasteiger partial charge on any atom is -0.507 e. The number of benzene rings is 3. The van der Waals surface area contributed by atoms with Crippen molar-refractivity contribution in [2.75, 3.05) is 19.1 Å². The zero-order valence-electron chi connectivity index (χ0n) is 21.8. The zero-order valence-corrected chi connectivity index (χ0v) is 22.5. The second-order valence-corrected chi connectivity index (χ2v) is 10.4. The molecular weight excluding hydrogens is 490 g/mol. The summed E-state index contributed by atoms with van der Waals surface area (Å²) >= 11 is 6.39. The van der Waals surface area contributed by atoms with E-state index < -0.39 is 17.7 Å². The molecule has 0 aromatic heterocycles. The smallest absolute Gasteiger partial charge is 0.300 e. The van der Waals surface area contributed by atoms with Gasteiger partial charge in [-0.3, -0.25) is 14.5 Å². The highest BCUT2D eigenvalue weighted by Gasteiger charge is 2.47. The molecule has 3 aromatic carbocycles. The number of carbonyl (C=O) groups is 2. The number of carbonyl (C=O) groups excluding carboxylic acids is 2. The first-order valence-electron chi connectivity index (χ1n) is 11.9. The third-order valence-corrected chi connectivity index (χ3v) is 7.04. The zero-order chi connectivity index (χ0) is 27.1. The van der Waals surface area contributed by atoms with Gasteiger partial charge in [-0.1, -0.05) is 62.7 Å². The predicted octanol–water partition coefficient (Wildman–Crippen LogP) is 6.59. The molecule has 0 bridgehead atoms. The lowest BCUT2D eigenvalue weighted by Gasteiger charge is -2.27. The van der Waals surface area contributed by atoms with Gasteiger partial charge in [0.2, 0.25) is 0 Å². The van der Waals surface area contributed by atoms with E-state index in [9.17, 15) is 14.7 Å². The summed E-state index contributed by atoms with van der Waals surface area (Å²) in [6.45, 7) is 8.18. The van der Waals surface area contributed by atoms with Crippen LogP contribution in [-0.2, 0) is 15.0 Å². The molecule has 1 aliphatic heterocycles. The number of ether oxygens (including phenoxy) is 2. The number of amides is 1. The van der Waals surface area contributed by atoms with Gasteiger partial charge >= 0.3 is 0 Å². The first-order valence-corrected chi connectivity index (χ1v) is 12.3. The fourth-order valence-electron chi connectivity index (χ4n) is 4.46. The van der Waals surface area contributed by atoms with E-state index in [0.717, 1.165) is 11.1 Å². The highest BCUT2D eigenvalue weighted by atomic mass is 35.5. The van der Waals surface area contributed by atoms with E-state index in [1.54, 1.807) is 36.4 Å². The van der Waals surface area contributed by atoms with Crippen LogP contribution in [0.25, 0.3) is 5.76 Å². The van der Waals surface area contributed by atoms with Gasteiger partial charge in [0.05, 0.1) is 31.4 Å². The van der Waals surface area contributed by atoms with E-state index in [2.05, 4.69) is 20.8 Å². The van der Waals surface area contributed by atoms with Crippen LogP contribution in [-0.4, -0.2) is 31.0 Å². The SMILES string of the molecule is COc1ccc(OC)c(/C(O)=C2\C(=O)C(=O)N(c3ccc(C)c(Cl)c3)C2c2ccc(C(C)(C)C)cc2)c1. The van der Waals surface area contributed by atoms with Crippen LogP contribution in [0, 0.1) is 6.92 Å². The summed E-state index contributed by atoms with van der Waals surface area (Å²) < 4.78 is 10.8. The third-order valence-electron chi connectivity index (χ3n) is 6.63. The topological polar surface area (TPSA) is 76.1 Å². The second-order valence-electron chi connectivity index (χ2n) is 10.0. The van der Waals surface area contributed by atoms with Gasteiger partial charge in [-0.05, 0) is 59.4 Å². The number of hydrogen-bond donors (Lipinski definition) is 1. The molecule has 0 spiro atoms. The standard InChI is InChI=1S/C30H30ClNO5/c1-17-7-12-20(15-23(17)31)32-26(18-8-10-19(11-9-18)30(2,3)4)25(28(34)29(32)35)27(33)22-16-21(36-5)13-14-24(22)37-6/h7-16,26,33H,1-6H3/b27-25+. The fourth-order valence-corrected chi connectivity index (χ4v) is 4.63. The number of aliphatic hydroxyl groups excluding tert-OH is 1. The number of rotatable bonds is 5. The predicted molar refractivity (Wildman–Crippen MR) is 146 cm³/mol. The molecule has 0 radical (unpaired) electrons. The molecule has 1 amide bonds. The van der Waals surface area contributed by atoms with Crippen molar-refractivity contribution in [1.29, 1.82) is 0 Å². The molecule has 1 N–H and O–H groups in total. The van der Waals surface area contributed by atoms with Gasteiger partial charge in [-0.2, -0.15) is 0 Å². The quantitative estimate of drug-likeness (QED) is 0.234. The highest BCUT2D eigenvalue weighted by molar-refractivity contribution is 6.52. The van der Waals surface area contributed by atoms with Crippen LogP contribution < -0.4 is 14.4 Å². The van der Waals surface area contributed by atoms with E-state index >= 15 is 0 Å². The normalized spacial score (nSPS) is 17.3. The maximum atomic E-state index is 13.5. The van der Waals surface area contributed by atoms with Gasteiger partial charge in [0, 0.05) is 10.7 Å². The van der Waals surface area contributed by atoms with Crippen LogP contribution in [0.15, 0.2) is 66.2 Å². The number of methoxy groups -OCH3 is 2. The van der Waals surface area contributed by atoms with Crippen LogP contribution >= 0.6 is 11.6 Å². The Kier molecular flexibility index (Phi) is 7.07. The van der Waals surface area contributed by atoms with Crippen molar-refractivity contribution in [1.82, 2.24) is 0 Å². The number of aliphatic hydroxyl groups is 1. The summed E-state index contributed by atoms with van der Waals surface area (Å²) in [5.41, 5.74) is 3.19. The lowest BCUT2D eigenvalue weighted by Crippen LogP contribution is -2.29. The van der Waals surface area contributed by atoms with Crippen LogP contribution in [0.3, 0.4) is 0 Å². The summed E-state index contributed by atoms with van der Waals surface area (Å²) in [6, 6.07) is 16.9. The molecule has 37 heavy (non-hydrogen) atoms. The van der Waals surface area contributed by atoms with Crippen molar-refractivity contribution < 1.29 is 24.2 Å². The van der Waals surface area contributed by atoms with Crippen LogP contribution in [0.5, 0.6) is 11.5 Å². The molecule has 7 heteroatoms. The van der Waals surface area contributed by atoms with Crippen molar-refractivity contribution in [2.45, 2.75) is 39.2 Å². The van der Waals surface area contributed by atoms with Gasteiger partial charge in [0.15, 0.2) is 0 Å². The van der Waals surface area contributed by atoms with Crippen molar-refractivity contribution in [3.63, 3.8) is 0 Å². The maximum absolute atomic E-state index is 13.5. The Morgan fingerprint density at radius 2 is 1.62 bits per heavy atom. The molecule has 1 fully saturated rings. The van der Waals surface area contributed by atoms with Gasteiger partial charge in [-0.25, -0.2) is 0 Å². The Balaban J connectivity index is 1.98. The summed E-state index contributed by atoms with van der Waals surface area (Å²) in [7, 11) is 2.97. The van der Waals surface area contributed by atoms with Gasteiger partial charge in [-0.15, -0.1) is 0 Å². The first kappa shape index (κ1) is 26.3. The van der Waals surface area contributed by atoms with Crippen LogP contribution in [0.1, 0.15) is 49.1 Å². The largest absolute Gasteiger partial charge is 0.507 e. The minimum absolute atomic E-state index is 0.0447. The number of aryl methyl sites for hydroxylation is 1. The third kappa shape index (κ3) is 4.81. The van der Waals surface area contributed by atoms with E-state index in [0.29, 0.717) is 27.8 Å². The van der Waals surface area contributed by atoms with E-state index in [1.165, 1.54) is 19.1 Å². The molecule has 6 nitrogen and oxygen atoms in total. The molecule has 1 atom stereocenters. The Bertz CT molecular complexity index is 1400. The molecule has 192 valence electrons. The lowest BCUT2D eigenvalue weighted by molar-refractivity contribution is -0.132. The number of Topliss-reactive ketones (excluding diaryl/α,β-unsaturated/α-hetero) is 1. The Morgan fingerprint density at radius 3 is 2.19 bits per heavy atom. The molecule has 1 aliphatic rings. The molecule has 1 unspecified atom stereocenters. The van der Waals surface area contributed by atoms with Gasteiger partial charge in [0.1, 0.15) is 17.3 Å². The summed E-state index contributed by atoms with van der Waals surface area (Å²) in [4.78, 5) is 28.4. The lowest BCUT2D eigenvalue weighted by atomic mass is 9.85. The number of ketones is 1. The Morgan fingerprint density at radius 1 is 0.946 bits per heavy atom. The van der Waals surface area contributed by atoms with Crippen molar-refractivity contribution in [2.24, 2.45) is 0 Å². The van der Waals surface area contributed by atoms with Crippen molar-refractivity contribution >= 4 is 34.7 Å². The average molecular weight is 520 g/mol.